The Morgan fingerprint density at radius 3 is 2.48 bits per heavy atom. The van der Waals surface area contributed by atoms with Crippen LogP contribution in [0.15, 0.2) is 58.2 Å². The van der Waals surface area contributed by atoms with Gasteiger partial charge in [0.25, 0.3) is 0 Å². The lowest BCUT2D eigenvalue weighted by atomic mass is 10.00. The third kappa shape index (κ3) is 5.23. The van der Waals surface area contributed by atoms with E-state index in [0.717, 1.165) is 6.07 Å². The zero-order chi connectivity index (χ0) is 24.3. The number of allylic oxidation sites excluding steroid dienone is 1. The van der Waals surface area contributed by atoms with Gasteiger partial charge in [0, 0.05) is 11.2 Å². The smallest absolute Gasteiger partial charge is 0.404 e. The Morgan fingerprint density at radius 2 is 1.91 bits per heavy atom. The van der Waals surface area contributed by atoms with Crippen LogP contribution in [-0.2, 0) is 0 Å². The first-order chi connectivity index (χ1) is 15.6. The van der Waals surface area contributed by atoms with Gasteiger partial charge in [0.15, 0.2) is 11.5 Å². The van der Waals surface area contributed by atoms with Crippen LogP contribution in [0, 0.1) is 5.82 Å². The van der Waals surface area contributed by atoms with Gasteiger partial charge in [-0.3, -0.25) is 4.79 Å². The lowest BCUT2D eigenvalue weighted by molar-refractivity contribution is -0.0571. The number of aliphatic imine (C=N–C) groups is 1. The number of hydrogen-bond acceptors (Lipinski definition) is 6. The van der Waals surface area contributed by atoms with Crippen molar-refractivity contribution in [1.82, 2.24) is 5.16 Å². The standard InChI is InChI=1S/C21H13Cl2F4N3O2S/c1-33-20(31)16-17(15-13(23)6-3-7-14(15)24)30-32-18(16)12(9-28)19(21(25,26)27)29-11-5-2-4-10(22)8-11/h2-9H,28H2,1H3/b12-9-,29-19?. The molecule has 0 fully saturated rings. The average molecular weight is 518 g/mol. The van der Waals surface area contributed by atoms with Crippen LogP contribution in [0.5, 0.6) is 0 Å². The van der Waals surface area contributed by atoms with Crippen molar-refractivity contribution in [1.29, 1.82) is 0 Å². The van der Waals surface area contributed by atoms with Crippen molar-refractivity contribution >= 4 is 57.1 Å². The van der Waals surface area contributed by atoms with E-state index in [4.69, 9.17) is 33.5 Å². The van der Waals surface area contributed by atoms with Crippen LogP contribution >= 0.6 is 35.0 Å². The summed E-state index contributed by atoms with van der Waals surface area (Å²) in [6.45, 7) is 0. The van der Waals surface area contributed by atoms with Crippen molar-refractivity contribution < 1.29 is 26.9 Å². The van der Waals surface area contributed by atoms with Crippen LogP contribution in [0.1, 0.15) is 16.1 Å². The third-order valence-corrected chi connectivity index (χ3v) is 5.39. The monoisotopic (exact) mass is 517 g/mol. The minimum atomic E-state index is -5.02. The van der Waals surface area contributed by atoms with Crippen molar-refractivity contribution in [2.24, 2.45) is 10.7 Å². The molecule has 0 aliphatic heterocycles. The highest BCUT2D eigenvalue weighted by Crippen LogP contribution is 2.39. The Balaban J connectivity index is 2.29. The summed E-state index contributed by atoms with van der Waals surface area (Å²) in [5.41, 5.74) is 2.06. The van der Waals surface area contributed by atoms with E-state index in [1.807, 2.05) is 0 Å². The predicted molar refractivity (Wildman–Crippen MR) is 122 cm³/mol. The molecule has 2 N–H and O–H groups in total. The summed E-state index contributed by atoms with van der Waals surface area (Å²) in [5.74, 6) is -1.48. The highest BCUT2D eigenvalue weighted by atomic mass is 35.5. The molecule has 3 rings (SSSR count). The van der Waals surface area contributed by atoms with Gasteiger partial charge >= 0.3 is 6.18 Å². The highest BCUT2D eigenvalue weighted by molar-refractivity contribution is 8.13. The van der Waals surface area contributed by atoms with Crippen molar-refractivity contribution in [3.8, 4) is 11.3 Å². The van der Waals surface area contributed by atoms with Crippen molar-refractivity contribution in [3.63, 3.8) is 0 Å². The topological polar surface area (TPSA) is 81.5 Å². The Labute approximate surface area is 199 Å². The summed E-state index contributed by atoms with van der Waals surface area (Å²) in [4.78, 5) is 16.3. The second-order valence-corrected chi connectivity index (χ2v) is 7.96. The second-order valence-electron chi connectivity index (χ2n) is 6.34. The molecule has 0 saturated carbocycles. The van der Waals surface area contributed by atoms with Crippen molar-refractivity contribution in [3.05, 3.63) is 75.9 Å². The Bertz CT molecular complexity index is 1250. The number of hydrogen-bond donors (Lipinski definition) is 1. The molecule has 0 aliphatic rings. The van der Waals surface area contributed by atoms with Gasteiger partial charge in [-0.15, -0.1) is 0 Å². The molecule has 1 heterocycles. The third-order valence-electron chi connectivity index (χ3n) is 4.27. The summed E-state index contributed by atoms with van der Waals surface area (Å²) >= 11 is 12.6. The van der Waals surface area contributed by atoms with Gasteiger partial charge in [-0.1, -0.05) is 52.3 Å². The predicted octanol–water partition coefficient (Wildman–Crippen LogP) is 6.93. The van der Waals surface area contributed by atoms with E-state index in [0.29, 0.717) is 18.0 Å². The van der Waals surface area contributed by atoms with Gasteiger partial charge in [-0.25, -0.2) is 9.38 Å². The maximum Gasteiger partial charge on any atom is 0.434 e. The summed E-state index contributed by atoms with van der Waals surface area (Å²) in [6.07, 6.45) is -3.04. The normalized spacial score (nSPS) is 12.8. The van der Waals surface area contributed by atoms with Gasteiger partial charge in [-0.2, -0.15) is 13.2 Å². The van der Waals surface area contributed by atoms with Crippen molar-refractivity contribution in [2.75, 3.05) is 6.26 Å². The fourth-order valence-corrected chi connectivity index (χ4v) is 3.70. The lowest BCUT2D eigenvalue weighted by Gasteiger charge is -2.13. The van der Waals surface area contributed by atoms with E-state index in [-0.39, 0.29) is 27.0 Å². The molecule has 0 spiro atoms. The number of alkyl halides is 3. The first-order valence-corrected chi connectivity index (χ1v) is 10.9. The van der Waals surface area contributed by atoms with E-state index in [1.165, 1.54) is 42.7 Å². The first-order valence-electron chi connectivity index (χ1n) is 8.95. The van der Waals surface area contributed by atoms with Gasteiger partial charge in [0.2, 0.25) is 5.12 Å². The number of aromatic nitrogens is 1. The number of carbonyl (C=O) groups is 1. The molecule has 0 aliphatic carbocycles. The summed E-state index contributed by atoms with van der Waals surface area (Å²) in [7, 11) is 0. The van der Waals surface area contributed by atoms with Crippen LogP contribution in [0.25, 0.3) is 16.8 Å². The maximum atomic E-state index is 14.5. The van der Waals surface area contributed by atoms with Crippen LogP contribution in [-0.4, -0.2) is 28.4 Å². The second kappa shape index (κ2) is 9.98. The van der Waals surface area contributed by atoms with Crippen LogP contribution in [0.3, 0.4) is 0 Å². The van der Waals surface area contributed by atoms with E-state index in [1.54, 1.807) is 0 Å². The van der Waals surface area contributed by atoms with E-state index in [2.05, 4.69) is 10.1 Å². The van der Waals surface area contributed by atoms with E-state index >= 15 is 0 Å². The number of carbonyl (C=O) groups excluding carboxylic acids is 1. The number of nitrogens with two attached hydrogens (primary N) is 1. The van der Waals surface area contributed by atoms with Crippen LogP contribution in [0.2, 0.25) is 10.0 Å². The summed E-state index contributed by atoms with van der Waals surface area (Å²) < 4.78 is 61.6. The summed E-state index contributed by atoms with van der Waals surface area (Å²) in [5, 5.41) is 2.95. The SMILES string of the molecule is CSC(=O)c1c(-c2c(F)cccc2Cl)noc1/C(=C/N)C(=Nc1cccc(Cl)c1)C(F)(F)F. The molecule has 0 atom stereocenters. The quantitative estimate of drug-likeness (QED) is 0.293. The molecule has 0 bridgehead atoms. The molecule has 0 unspecified atom stereocenters. The molecular weight excluding hydrogens is 505 g/mol. The number of rotatable bonds is 5. The molecule has 0 saturated heterocycles. The number of nitrogens with zero attached hydrogens (tertiary/aromatic N) is 2. The molecule has 2 aromatic carbocycles. The molecule has 3 aromatic rings. The van der Waals surface area contributed by atoms with Crippen LogP contribution in [0.4, 0.5) is 23.2 Å². The van der Waals surface area contributed by atoms with E-state index in [9.17, 15) is 22.4 Å². The maximum absolute atomic E-state index is 14.5. The number of benzene rings is 2. The zero-order valence-electron chi connectivity index (χ0n) is 16.6. The van der Waals surface area contributed by atoms with Gasteiger partial charge in [0.1, 0.15) is 17.1 Å². The molecule has 33 heavy (non-hydrogen) atoms. The molecule has 0 radical (unpaired) electrons. The Hall–Kier alpha value is -2.82. The molecule has 0 amide bonds. The Morgan fingerprint density at radius 1 is 1.21 bits per heavy atom. The largest absolute Gasteiger partial charge is 0.434 e. The zero-order valence-corrected chi connectivity index (χ0v) is 18.9. The van der Waals surface area contributed by atoms with Gasteiger partial charge < -0.3 is 10.3 Å². The fourth-order valence-electron chi connectivity index (χ4n) is 2.87. The number of thioether (sulfide) groups is 1. The Kier molecular flexibility index (Phi) is 7.51. The molecule has 5 nitrogen and oxygen atoms in total. The molecule has 172 valence electrons. The summed E-state index contributed by atoms with van der Waals surface area (Å²) in [6, 6.07) is 9.10. The van der Waals surface area contributed by atoms with Gasteiger partial charge in [-0.05, 0) is 36.6 Å². The fraction of sp³-hybridized carbons (Fsp3) is 0.0952. The lowest BCUT2D eigenvalue weighted by Crippen LogP contribution is -2.25. The minimum Gasteiger partial charge on any atom is -0.404 e. The minimum absolute atomic E-state index is 0.119. The first kappa shape index (κ1) is 24.8. The molecular formula is C21H13Cl2F4N3O2S. The van der Waals surface area contributed by atoms with E-state index < -0.39 is 39.7 Å². The van der Waals surface area contributed by atoms with Crippen LogP contribution < -0.4 is 5.73 Å². The highest BCUT2D eigenvalue weighted by Gasteiger charge is 2.42. The van der Waals surface area contributed by atoms with Crippen molar-refractivity contribution in [2.45, 2.75) is 6.18 Å². The molecule has 1 aromatic heterocycles. The molecule has 12 heteroatoms. The average Bonchev–Trinajstić information content (AvgIpc) is 3.16. The number of halogens is 6. The van der Waals surface area contributed by atoms with Gasteiger partial charge in [0.05, 0.1) is 21.8 Å².